The summed E-state index contributed by atoms with van der Waals surface area (Å²) in [4.78, 5) is 0. The Kier molecular flexibility index (Phi) is 2.17. The van der Waals surface area contributed by atoms with Gasteiger partial charge in [0.25, 0.3) is 0 Å². The van der Waals surface area contributed by atoms with E-state index in [9.17, 15) is 0 Å². The second kappa shape index (κ2) is 3.35. The number of hydrogen-bond donors (Lipinski definition) is 1. The maximum Gasteiger partial charge on any atom is 0.0909 e. The number of aromatic nitrogens is 2. The van der Waals surface area contributed by atoms with Crippen LogP contribution in [0.15, 0.2) is 30.5 Å². The normalized spacial score (nSPS) is 10.4. The van der Waals surface area contributed by atoms with Gasteiger partial charge in [-0.05, 0) is 12.1 Å². The van der Waals surface area contributed by atoms with E-state index in [2.05, 4.69) is 5.10 Å². The smallest absolute Gasteiger partial charge is 0.0909 e. The fourth-order valence-corrected chi connectivity index (χ4v) is 1.63. The van der Waals surface area contributed by atoms with Gasteiger partial charge in [0, 0.05) is 17.6 Å². The molecule has 0 saturated heterocycles. The van der Waals surface area contributed by atoms with E-state index in [1.165, 1.54) is 0 Å². The maximum atomic E-state index is 5.90. The highest BCUT2D eigenvalue weighted by Crippen LogP contribution is 2.26. The van der Waals surface area contributed by atoms with Crippen LogP contribution in [0.3, 0.4) is 0 Å². The molecule has 0 unspecified atom stereocenters. The van der Waals surface area contributed by atoms with E-state index in [1.54, 1.807) is 10.9 Å². The first kappa shape index (κ1) is 9.09. The quantitative estimate of drug-likeness (QED) is 0.780. The summed E-state index contributed by atoms with van der Waals surface area (Å²) in [5.41, 5.74) is 8.34. The van der Waals surface area contributed by atoms with Crippen LogP contribution in [0.25, 0.3) is 11.3 Å². The summed E-state index contributed by atoms with van der Waals surface area (Å²) in [5.74, 6) is 0. The monoisotopic (exact) mass is 207 g/mol. The van der Waals surface area contributed by atoms with E-state index in [0.29, 0.717) is 10.7 Å². The summed E-state index contributed by atoms with van der Waals surface area (Å²) in [6.07, 6.45) is 1.64. The summed E-state index contributed by atoms with van der Waals surface area (Å²) in [5, 5.41) is 4.77. The SMILES string of the molecule is Cn1ncc(N)c1-c1cccc(Cl)c1. The lowest BCUT2D eigenvalue weighted by atomic mass is 10.1. The molecule has 0 radical (unpaired) electrons. The molecule has 1 heterocycles. The van der Waals surface area contributed by atoms with Gasteiger partial charge in [-0.1, -0.05) is 23.7 Å². The first-order valence-corrected chi connectivity index (χ1v) is 4.59. The zero-order valence-electron chi connectivity index (χ0n) is 7.74. The van der Waals surface area contributed by atoms with E-state index in [0.717, 1.165) is 11.3 Å². The molecule has 2 N–H and O–H groups in total. The molecule has 0 aliphatic rings. The summed E-state index contributed by atoms with van der Waals surface area (Å²) in [6.45, 7) is 0. The minimum Gasteiger partial charge on any atom is -0.396 e. The molecule has 14 heavy (non-hydrogen) atoms. The predicted octanol–water partition coefficient (Wildman–Crippen LogP) is 2.32. The molecule has 0 aliphatic heterocycles. The average molecular weight is 208 g/mol. The standard InChI is InChI=1S/C10H10ClN3/c1-14-10(9(12)6-13-14)7-3-2-4-8(11)5-7/h2-6H,12H2,1H3. The predicted molar refractivity (Wildman–Crippen MR) is 58.1 cm³/mol. The van der Waals surface area contributed by atoms with Gasteiger partial charge >= 0.3 is 0 Å². The van der Waals surface area contributed by atoms with Crippen LogP contribution in [0, 0.1) is 0 Å². The lowest BCUT2D eigenvalue weighted by molar-refractivity contribution is 0.776. The first-order chi connectivity index (χ1) is 6.68. The Morgan fingerprint density at radius 2 is 2.21 bits per heavy atom. The number of aryl methyl sites for hydroxylation is 1. The van der Waals surface area contributed by atoms with E-state index < -0.39 is 0 Å². The van der Waals surface area contributed by atoms with Gasteiger partial charge in [0.15, 0.2) is 0 Å². The molecule has 0 aliphatic carbocycles. The lowest BCUT2D eigenvalue weighted by Gasteiger charge is -2.03. The highest BCUT2D eigenvalue weighted by atomic mass is 35.5. The van der Waals surface area contributed by atoms with E-state index >= 15 is 0 Å². The van der Waals surface area contributed by atoms with Gasteiger partial charge in [-0.15, -0.1) is 0 Å². The number of benzene rings is 1. The van der Waals surface area contributed by atoms with Crippen molar-refractivity contribution < 1.29 is 0 Å². The Bertz CT molecular complexity index is 443. The number of nitrogen functional groups attached to an aromatic ring is 1. The van der Waals surface area contributed by atoms with Crippen LogP contribution < -0.4 is 5.73 Å². The van der Waals surface area contributed by atoms with Gasteiger partial charge in [0.05, 0.1) is 17.6 Å². The Labute approximate surface area is 87.1 Å². The van der Waals surface area contributed by atoms with Crippen LogP contribution >= 0.6 is 11.6 Å². The molecule has 0 amide bonds. The van der Waals surface area contributed by atoms with Gasteiger partial charge in [0.1, 0.15) is 0 Å². The van der Waals surface area contributed by atoms with Crippen molar-refractivity contribution in [2.75, 3.05) is 5.73 Å². The van der Waals surface area contributed by atoms with Crippen molar-refractivity contribution in [1.29, 1.82) is 0 Å². The zero-order valence-corrected chi connectivity index (χ0v) is 8.49. The number of nitrogens with two attached hydrogens (primary N) is 1. The molecule has 2 aromatic rings. The molecular weight excluding hydrogens is 198 g/mol. The fraction of sp³-hybridized carbons (Fsp3) is 0.100. The Hall–Kier alpha value is -1.48. The largest absolute Gasteiger partial charge is 0.396 e. The molecule has 0 atom stereocenters. The minimum atomic E-state index is 0.662. The van der Waals surface area contributed by atoms with E-state index in [-0.39, 0.29) is 0 Å². The number of nitrogens with zero attached hydrogens (tertiary/aromatic N) is 2. The van der Waals surface area contributed by atoms with Crippen LogP contribution in [-0.2, 0) is 7.05 Å². The molecule has 0 fully saturated rings. The van der Waals surface area contributed by atoms with Gasteiger partial charge in [-0.25, -0.2) is 0 Å². The van der Waals surface area contributed by atoms with Gasteiger partial charge in [-0.2, -0.15) is 5.10 Å². The van der Waals surface area contributed by atoms with Gasteiger partial charge in [-0.3, -0.25) is 4.68 Å². The molecule has 2 rings (SSSR count). The third kappa shape index (κ3) is 1.46. The minimum absolute atomic E-state index is 0.662. The van der Waals surface area contributed by atoms with Crippen LogP contribution in [0.1, 0.15) is 0 Å². The molecule has 4 heteroatoms. The molecule has 72 valence electrons. The van der Waals surface area contributed by atoms with Crippen LogP contribution in [-0.4, -0.2) is 9.78 Å². The Morgan fingerprint density at radius 3 is 2.79 bits per heavy atom. The Balaban J connectivity index is 2.59. The average Bonchev–Trinajstić information content (AvgIpc) is 2.46. The van der Waals surface area contributed by atoms with E-state index in [4.69, 9.17) is 17.3 Å². The second-order valence-corrected chi connectivity index (χ2v) is 3.52. The molecular formula is C10H10ClN3. The molecule has 0 saturated carbocycles. The third-order valence-corrected chi connectivity index (χ3v) is 2.30. The second-order valence-electron chi connectivity index (χ2n) is 3.08. The summed E-state index contributed by atoms with van der Waals surface area (Å²) in [7, 11) is 1.85. The summed E-state index contributed by atoms with van der Waals surface area (Å²) >= 11 is 5.90. The van der Waals surface area contributed by atoms with Crippen molar-refractivity contribution in [3.05, 3.63) is 35.5 Å². The zero-order chi connectivity index (χ0) is 10.1. The van der Waals surface area contributed by atoms with Gasteiger partial charge < -0.3 is 5.73 Å². The van der Waals surface area contributed by atoms with Crippen LogP contribution in [0.5, 0.6) is 0 Å². The highest BCUT2D eigenvalue weighted by Gasteiger charge is 2.07. The summed E-state index contributed by atoms with van der Waals surface area (Å²) < 4.78 is 1.74. The molecule has 0 bridgehead atoms. The highest BCUT2D eigenvalue weighted by molar-refractivity contribution is 6.30. The van der Waals surface area contributed by atoms with Crippen molar-refractivity contribution in [3.63, 3.8) is 0 Å². The summed E-state index contributed by atoms with van der Waals surface area (Å²) in [6, 6.07) is 7.55. The number of hydrogen-bond acceptors (Lipinski definition) is 2. The lowest BCUT2D eigenvalue weighted by Crippen LogP contribution is -1.95. The fourth-order valence-electron chi connectivity index (χ4n) is 1.44. The maximum absolute atomic E-state index is 5.90. The number of anilines is 1. The van der Waals surface area contributed by atoms with Gasteiger partial charge in [0.2, 0.25) is 0 Å². The van der Waals surface area contributed by atoms with Crippen molar-refractivity contribution in [1.82, 2.24) is 9.78 Å². The van der Waals surface area contributed by atoms with E-state index in [1.807, 2.05) is 31.3 Å². The van der Waals surface area contributed by atoms with Crippen molar-refractivity contribution >= 4 is 17.3 Å². The third-order valence-electron chi connectivity index (χ3n) is 2.07. The van der Waals surface area contributed by atoms with Crippen LogP contribution in [0.2, 0.25) is 5.02 Å². The van der Waals surface area contributed by atoms with Crippen molar-refractivity contribution in [2.24, 2.45) is 7.05 Å². The Morgan fingerprint density at radius 1 is 1.43 bits per heavy atom. The van der Waals surface area contributed by atoms with Crippen molar-refractivity contribution in [3.8, 4) is 11.3 Å². The molecule has 0 spiro atoms. The number of halogens is 1. The first-order valence-electron chi connectivity index (χ1n) is 4.22. The number of rotatable bonds is 1. The molecule has 3 nitrogen and oxygen atoms in total. The molecule has 1 aromatic carbocycles. The van der Waals surface area contributed by atoms with Crippen molar-refractivity contribution in [2.45, 2.75) is 0 Å². The topological polar surface area (TPSA) is 43.8 Å². The molecule has 1 aromatic heterocycles. The van der Waals surface area contributed by atoms with Crippen LogP contribution in [0.4, 0.5) is 5.69 Å².